The van der Waals surface area contributed by atoms with Crippen molar-refractivity contribution in [2.75, 3.05) is 13.1 Å². The van der Waals surface area contributed by atoms with Gasteiger partial charge in [-0.15, -0.1) is 0 Å². The number of aryl methyl sites for hydroxylation is 1. The number of aromatic nitrogens is 3. The number of likely N-dealkylation sites (tertiary alicyclic amines) is 1. The van der Waals surface area contributed by atoms with Crippen molar-refractivity contribution in [3.05, 3.63) is 34.8 Å². The molecule has 0 unspecified atom stereocenters. The number of furan rings is 1. The molecule has 6 nitrogen and oxygen atoms in total. The summed E-state index contributed by atoms with van der Waals surface area (Å²) in [7, 11) is 0. The van der Waals surface area contributed by atoms with Crippen LogP contribution in [-0.4, -0.2) is 38.7 Å². The lowest BCUT2D eigenvalue weighted by atomic mass is 9.95. The lowest BCUT2D eigenvalue weighted by molar-refractivity contribution is -0.132. The van der Waals surface area contributed by atoms with Crippen LogP contribution in [0.2, 0.25) is 0 Å². The van der Waals surface area contributed by atoms with E-state index in [2.05, 4.69) is 14.8 Å². The van der Waals surface area contributed by atoms with Crippen LogP contribution in [-0.2, 0) is 11.2 Å². The Bertz CT molecular complexity index is 752. The zero-order valence-electron chi connectivity index (χ0n) is 13.6. The molecule has 1 saturated carbocycles. The minimum absolute atomic E-state index is 0.214. The zero-order valence-corrected chi connectivity index (χ0v) is 14.4. The highest BCUT2D eigenvalue weighted by atomic mass is 32.1. The Morgan fingerprint density at radius 1 is 1.33 bits per heavy atom. The van der Waals surface area contributed by atoms with Crippen LogP contribution in [0, 0.1) is 4.77 Å². The Hall–Kier alpha value is -1.89. The van der Waals surface area contributed by atoms with Gasteiger partial charge in [-0.05, 0) is 50.0 Å². The summed E-state index contributed by atoms with van der Waals surface area (Å²) in [6.07, 6.45) is 7.15. The first-order valence-electron chi connectivity index (χ1n) is 8.69. The van der Waals surface area contributed by atoms with Crippen molar-refractivity contribution in [3.63, 3.8) is 0 Å². The van der Waals surface area contributed by atoms with Crippen LogP contribution in [0.3, 0.4) is 0 Å². The van der Waals surface area contributed by atoms with E-state index in [-0.39, 0.29) is 5.91 Å². The fourth-order valence-electron chi connectivity index (χ4n) is 3.52. The summed E-state index contributed by atoms with van der Waals surface area (Å²) >= 11 is 5.37. The summed E-state index contributed by atoms with van der Waals surface area (Å²) in [5.74, 6) is 2.57. The molecule has 1 aliphatic carbocycles. The fraction of sp³-hybridized carbons (Fsp3) is 0.588. The summed E-state index contributed by atoms with van der Waals surface area (Å²) in [5.41, 5.74) is 0. The summed E-state index contributed by atoms with van der Waals surface area (Å²) in [6.45, 7) is 1.60. The van der Waals surface area contributed by atoms with E-state index in [0.29, 0.717) is 24.8 Å². The maximum Gasteiger partial charge on any atom is 0.223 e. The molecule has 24 heavy (non-hydrogen) atoms. The third-order valence-corrected chi connectivity index (χ3v) is 5.31. The third kappa shape index (κ3) is 3.17. The van der Waals surface area contributed by atoms with Crippen molar-refractivity contribution in [2.24, 2.45) is 0 Å². The van der Waals surface area contributed by atoms with Gasteiger partial charge in [0, 0.05) is 37.9 Å². The maximum absolute atomic E-state index is 12.4. The van der Waals surface area contributed by atoms with E-state index in [4.69, 9.17) is 16.6 Å². The molecule has 0 bridgehead atoms. The van der Waals surface area contributed by atoms with Crippen molar-refractivity contribution in [1.82, 2.24) is 19.7 Å². The van der Waals surface area contributed by atoms with Gasteiger partial charge in [-0.2, -0.15) is 5.10 Å². The number of carbonyl (C=O) groups is 1. The number of nitrogens with one attached hydrogen (secondary N) is 1. The molecule has 0 spiro atoms. The molecule has 1 N–H and O–H groups in total. The minimum Gasteiger partial charge on any atom is -0.469 e. The molecule has 7 heteroatoms. The molecule has 1 amide bonds. The van der Waals surface area contributed by atoms with Crippen LogP contribution in [0.5, 0.6) is 0 Å². The lowest BCUT2D eigenvalue weighted by Gasteiger charge is -2.31. The van der Waals surface area contributed by atoms with Crippen LogP contribution in [0.4, 0.5) is 0 Å². The monoisotopic (exact) mass is 346 g/mol. The standard InChI is InChI=1S/C17H22N4O2S/c22-15(6-5-14-2-1-11-23-14)20-9-7-12(8-10-20)16-18-19-17(24)21(16)13-3-4-13/h1-2,11-13H,3-10H2,(H,19,24). The molecule has 0 radical (unpaired) electrons. The SMILES string of the molecule is O=C(CCc1ccco1)N1CCC(c2n[nH]c(=S)n2C2CC2)CC1. The average molecular weight is 346 g/mol. The first kappa shape index (κ1) is 15.6. The van der Waals surface area contributed by atoms with Crippen LogP contribution in [0.15, 0.2) is 22.8 Å². The quantitative estimate of drug-likeness (QED) is 0.844. The van der Waals surface area contributed by atoms with Crippen LogP contribution in [0.25, 0.3) is 0 Å². The van der Waals surface area contributed by atoms with E-state index in [1.54, 1.807) is 6.26 Å². The van der Waals surface area contributed by atoms with Crippen LogP contribution < -0.4 is 0 Å². The average Bonchev–Trinajstić information content (AvgIpc) is 3.15. The van der Waals surface area contributed by atoms with Crippen molar-refractivity contribution in [3.8, 4) is 0 Å². The van der Waals surface area contributed by atoms with Gasteiger partial charge in [-0.3, -0.25) is 9.89 Å². The normalized spacial score (nSPS) is 18.9. The molecular weight excluding hydrogens is 324 g/mol. The molecule has 2 aromatic rings. The first-order chi connectivity index (χ1) is 11.7. The molecule has 0 aromatic carbocycles. The second-order valence-corrected chi connectivity index (χ2v) is 7.11. The number of hydrogen-bond donors (Lipinski definition) is 1. The largest absolute Gasteiger partial charge is 0.469 e. The molecule has 1 saturated heterocycles. The third-order valence-electron chi connectivity index (χ3n) is 5.02. The van der Waals surface area contributed by atoms with Gasteiger partial charge in [-0.25, -0.2) is 0 Å². The predicted octanol–water partition coefficient (Wildman–Crippen LogP) is 3.21. The van der Waals surface area contributed by atoms with Gasteiger partial charge in [0.05, 0.1) is 6.26 Å². The highest BCUT2D eigenvalue weighted by Crippen LogP contribution is 2.38. The molecule has 128 valence electrons. The molecular formula is C17H22N4O2S. The first-order valence-corrected chi connectivity index (χ1v) is 9.10. The molecule has 3 heterocycles. The molecule has 2 aromatic heterocycles. The van der Waals surface area contributed by atoms with Gasteiger partial charge in [0.15, 0.2) is 4.77 Å². The Morgan fingerprint density at radius 2 is 2.12 bits per heavy atom. The van der Waals surface area contributed by atoms with E-state index in [1.165, 1.54) is 12.8 Å². The molecule has 2 aliphatic rings. The fourth-order valence-corrected chi connectivity index (χ4v) is 3.81. The van der Waals surface area contributed by atoms with E-state index in [0.717, 1.165) is 42.3 Å². The number of hydrogen-bond acceptors (Lipinski definition) is 4. The van der Waals surface area contributed by atoms with Crippen molar-refractivity contribution < 1.29 is 9.21 Å². The van der Waals surface area contributed by atoms with E-state index in [1.807, 2.05) is 17.0 Å². The van der Waals surface area contributed by atoms with E-state index >= 15 is 0 Å². The van der Waals surface area contributed by atoms with Crippen molar-refractivity contribution in [2.45, 2.75) is 50.5 Å². The Labute approximate surface area is 145 Å². The summed E-state index contributed by atoms with van der Waals surface area (Å²) in [6, 6.07) is 4.32. The summed E-state index contributed by atoms with van der Waals surface area (Å²) in [4.78, 5) is 14.3. The summed E-state index contributed by atoms with van der Waals surface area (Å²) in [5, 5.41) is 7.42. The number of rotatable bonds is 5. The number of piperidine rings is 1. The number of nitrogens with zero attached hydrogens (tertiary/aromatic N) is 3. The second-order valence-electron chi connectivity index (χ2n) is 6.72. The minimum atomic E-state index is 0.214. The second kappa shape index (κ2) is 6.55. The summed E-state index contributed by atoms with van der Waals surface area (Å²) < 4.78 is 8.24. The molecule has 2 fully saturated rings. The Kier molecular flexibility index (Phi) is 4.26. The van der Waals surface area contributed by atoms with E-state index in [9.17, 15) is 4.79 Å². The molecule has 0 atom stereocenters. The Morgan fingerprint density at radius 3 is 2.79 bits per heavy atom. The molecule has 1 aliphatic heterocycles. The maximum atomic E-state index is 12.4. The van der Waals surface area contributed by atoms with Gasteiger partial charge in [0.2, 0.25) is 5.91 Å². The van der Waals surface area contributed by atoms with Crippen molar-refractivity contribution >= 4 is 18.1 Å². The zero-order chi connectivity index (χ0) is 16.5. The van der Waals surface area contributed by atoms with Gasteiger partial charge < -0.3 is 13.9 Å². The van der Waals surface area contributed by atoms with Crippen molar-refractivity contribution in [1.29, 1.82) is 0 Å². The number of aromatic amines is 1. The van der Waals surface area contributed by atoms with Gasteiger partial charge >= 0.3 is 0 Å². The Balaban J connectivity index is 1.33. The van der Waals surface area contributed by atoms with Crippen LogP contribution in [0.1, 0.15) is 55.6 Å². The predicted molar refractivity (Wildman–Crippen MR) is 91.3 cm³/mol. The highest BCUT2D eigenvalue weighted by Gasteiger charge is 2.32. The smallest absolute Gasteiger partial charge is 0.223 e. The number of amides is 1. The van der Waals surface area contributed by atoms with Crippen LogP contribution >= 0.6 is 12.2 Å². The number of H-pyrrole nitrogens is 1. The van der Waals surface area contributed by atoms with Gasteiger partial charge in [0.25, 0.3) is 0 Å². The molecule has 4 rings (SSSR count). The van der Waals surface area contributed by atoms with E-state index < -0.39 is 0 Å². The number of carbonyl (C=O) groups excluding carboxylic acids is 1. The highest BCUT2D eigenvalue weighted by molar-refractivity contribution is 7.71. The topological polar surface area (TPSA) is 67.1 Å². The lowest BCUT2D eigenvalue weighted by Crippen LogP contribution is -2.38. The van der Waals surface area contributed by atoms with Gasteiger partial charge in [-0.1, -0.05) is 0 Å². The van der Waals surface area contributed by atoms with Gasteiger partial charge in [0.1, 0.15) is 11.6 Å².